The van der Waals surface area contributed by atoms with E-state index in [1.807, 2.05) is 0 Å². The summed E-state index contributed by atoms with van der Waals surface area (Å²) in [4.78, 5) is 18.9. The van der Waals surface area contributed by atoms with Crippen LogP contribution in [-0.2, 0) is 6.42 Å². The lowest BCUT2D eigenvalue weighted by Gasteiger charge is -2.07. The molecule has 2 N–H and O–H groups in total. The van der Waals surface area contributed by atoms with E-state index >= 15 is 0 Å². The molecule has 1 aromatic heterocycles. The summed E-state index contributed by atoms with van der Waals surface area (Å²) in [5, 5.41) is 9.86. The van der Waals surface area contributed by atoms with Gasteiger partial charge in [0.05, 0.1) is 0 Å². The minimum atomic E-state index is -0.257. The fourth-order valence-electron chi connectivity index (χ4n) is 1.84. The van der Waals surface area contributed by atoms with Gasteiger partial charge in [-0.25, -0.2) is 4.98 Å². The zero-order chi connectivity index (χ0) is 14.0. The first kappa shape index (κ1) is 14.1. The summed E-state index contributed by atoms with van der Waals surface area (Å²) < 4.78 is 0. The van der Waals surface area contributed by atoms with Crippen LogP contribution in [0.5, 0.6) is 0 Å². The second-order valence-electron chi connectivity index (χ2n) is 4.11. The van der Waals surface area contributed by atoms with E-state index in [-0.39, 0.29) is 18.6 Å². The van der Waals surface area contributed by atoms with Gasteiger partial charge in [-0.1, -0.05) is 23.2 Å². The molecule has 0 saturated heterocycles. The molecule has 0 saturated carbocycles. The smallest absolute Gasteiger partial charge is 0.254 e. The number of aromatic nitrogens is 2. The van der Waals surface area contributed by atoms with E-state index in [4.69, 9.17) is 28.3 Å². The molecule has 0 aliphatic rings. The molecule has 0 aliphatic heterocycles. The highest BCUT2D eigenvalue weighted by atomic mass is 35.5. The molecule has 0 radical (unpaired) electrons. The molecule has 0 unspecified atom stereocenters. The molecule has 0 atom stereocenters. The monoisotopic (exact) mass is 298 g/mol. The molecule has 19 heavy (non-hydrogen) atoms. The Labute approximate surface area is 120 Å². The molecule has 0 amide bonds. The number of aryl methyl sites for hydroxylation is 1. The minimum absolute atomic E-state index is 0.0893. The van der Waals surface area contributed by atoms with Crippen molar-refractivity contribution >= 4 is 23.2 Å². The van der Waals surface area contributed by atoms with Gasteiger partial charge in [-0.2, -0.15) is 0 Å². The van der Waals surface area contributed by atoms with Gasteiger partial charge < -0.3 is 10.1 Å². The van der Waals surface area contributed by atoms with E-state index in [1.165, 1.54) is 0 Å². The van der Waals surface area contributed by atoms with Crippen LogP contribution in [0.3, 0.4) is 0 Å². The van der Waals surface area contributed by atoms with Crippen molar-refractivity contribution < 1.29 is 5.11 Å². The Morgan fingerprint density at radius 2 is 1.89 bits per heavy atom. The zero-order valence-corrected chi connectivity index (χ0v) is 11.7. The Balaban J connectivity index is 2.55. The van der Waals surface area contributed by atoms with Crippen molar-refractivity contribution in [1.29, 1.82) is 0 Å². The molecular formula is C13H12Cl2N2O2. The van der Waals surface area contributed by atoms with E-state index in [0.717, 1.165) is 0 Å². The Kier molecular flexibility index (Phi) is 4.24. The number of nitrogens with one attached hydrogen (secondary N) is 1. The summed E-state index contributed by atoms with van der Waals surface area (Å²) in [6.07, 6.45) is 0.282. The molecule has 1 aromatic carbocycles. The van der Waals surface area contributed by atoms with Crippen LogP contribution < -0.4 is 5.56 Å². The Bertz CT molecular complexity index is 648. The summed E-state index contributed by atoms with van der Waals surface area (Å²) in [5.74, 6) is 0.411. The van der Waals surface area contributed by atoms with Gasteiger partial charge in [0.2, 0.25) is 0 Å². The van der Waals surface area contributed by atoms with Crippen LogP contribution >= 0.6 is 23.2 Å². The van der Waals surface area contributed by atoms with Crippen molar-refractivity contribution in [3.63, 3.8) is 0 Å². The molecule has 6 heteroatoms. The molecule has 2 aromatic rings. The van der Waals surface area contributed by atoms with Crippen LogP contribution in [0.15, 0.2) is 23.0 Å². The first-order valence-corrected chi connectivity index (χ1v) is 6.44. The third-order valence-electron chi connectivity index (χ3n) is 2.72. The number of hydrogen-bond donors (Lipinski definition) is 2. The van der Waals surface area contributed by atoms with Crippen LogP contribution in [0.4, 0.5) is 0 Å². The van der Waals surface area contributed by atoms with E-state index < -0.39 is 0 Å². The molecule has 0 spiro atoms. The van der Waals surface area contributed by atoms with Gasteiger partial charge in [0.1, 0.15) is 5.82 Å². The lowest BCUT2D eigenvalue weighted by Crippen LogP contribution is -2.18. The zero-order valence-electron chi connectivity index (χ0n) is 10.2. The highest BCUT2D eigenvalue weighted by Gasteiger charge is 2.10. The molecule has 0 bridgehead atoms. The number of aliphatic hydroxyl groups excluding tert-OH is 1. The largest absolute Gasteiger partial charge is 0.396 e. The van der Waals surface area contributed by atoms with E-state index in [9.17, 15) is 4.79 Å². The van der Waals surface area contributed by atoms with Gasteiger partial charge in [0, 0.05) is 39.9 Å². The maximum Gasteiger partial charge on any atom is 0.254 e. The SMILES string of the molecule is Cc1nc(-c2cc(Cl)cc(Cl)c2)[nH]c(=O)c1CCO. The molecule has 4 nitrogen and oxygen atoms in total. The van der Waals surface area contributed by atoms with Crippen molar-refractivity contribution in [2.45, 2.75) is 13.3 Å². The van der Waals surface area contributed by atoms with Crippen molar-refractivity contribution in [2.75, 3.05) is 6.61 Å². The fourth-order valence-corrected chi connectivity index (χ4v) is 2.37. The highest BCUT2D eigenvalue weighted by molar-refractivity contribution is 6.35. The van der Waals surface area contributed by atoms with Gasteiger partial charge in [-0.3, -0.25) is 4.79 Å². The number of rotatable bonds is 3. The second kappa shape index (κ2) is 5.74. The number of benzene rings is 1. The quantitative estimate of drug-likeness (QED) is 0.915. The molecular weight excluding hydrogens is 287 g/mol. The summed E-state index contributed by atoms with van der Waals surface area (Å²) in [6.45, 7) is 1.64. The molecule has 0 fully saturated rings. The van der Waals surface area contributed by atoms with Crippen molar-refractivity contribution in [3.05, 3.63) is 49.9 Å². The predicted molar refractivity (Wildman–Crippen MR) is 75.8 cm³/mol. The summed E-state index contributed by atoms with van der Waals surface area (Å²) in [6, 6.07) is 4.96. The number of H-pyrrole nitrogens is 1. The Hall–Kier alpha value is -1.36. The van der Waals surface area contributed by atoms with Gasteiger partial charge in [-0.15, -0.1) is 0 Å². The average Bonchev–Trinajstić information content (AvgIpc) is 2.32. The minimum Gasteiger partial charge on any atom is -0.396 e. The molecule has 2 rings (SSSR count). The van der Waals surface area contributed by atoms with Gasteiger partial charge in [0.15, 0.2) is 0 Å². The highest BCUT2D eigenvalue weighted by Crippen LogP contribution is 2.24. The van der Waals surface area contributed by atoms with Crippen LogP contribution in [0.2, 0.25) is 10.0 Å². The molecule has 100 valence electrons. The van der Waals surface area contributed by atoms with E-state index in [2.05, 4.69) is 9.97 Å². The number of nitrogens with zero attached hydrogens (tertiary/aromatic N) is 1. The number of hydrogen-bond acceptors (Lipinski definition) is 3. The average molecular weight is 299 g/mol. The Morgan fingerprint density at radius 1 is 1.26 bits per heavy atom. The third kappa shape index (κ3) is 3.15. The number of halogens is 2. The standard InChI is InChI=1S/C13H12Cl2N2O2/c1-7-11(2-3-18)13(19)17-12(16-7)8-4-9(14)6-10(15)5-8/h4-6,18H,2-3H2,1H3,(H,16,17,19). The summed E-state index contributed by atoms with van der Waals surface area (Å²) in [7, 11) is 0. The maximum atomic E-state index is 11.9. The fraction of sp³-hybridized carbons (Fsp3) is 0.231. The van der Waals surface area contributed by atoms with Crippen LogP contribution in [0.25, 0.3) is 11.4 Å². The van der Waals surface area contributed by atoms with Gasteiger partial charge in [0.25, 0.3) is 5.56 Å². The topological polar surface area (TPSA) is 66.0 Å². The first-order valence-electron chi connectivity index (χ1n) is 5.68. The summed E-state index contributed by atoms with van der Waals surface area (Å²) >= 11 is 11.8. The van der Waals surface area contributed by atoms with Crippen LogP contribution in [-0.4, -0.2) is 21.7 Å². The second-order valence-corrected chi connectivity index (χ2v) is 4.98. The van der Waals surface area contributed by atoms with Crippen LogP contribution in [0, 0.1) is 6.92 Å². The van der Waals surface area contributed by atoms with E-state index in [0.29, 0.717) is 32.7 Å². The normalized spacial score (nSPS) is 10.7. The summed E-state index contributed by atoms with van der Waals surface area (Å²) in [5.41, 5.74) is 1.46. The molecule has 1 heterocycles. The number of aliphatic hydroxyl groups is 1. The Morgan fingerprint density at radius 3 is 2.42 bits per heavy atom. The predicted octanol–water partition coefficient (Wildman–Crippen LogP) is 2.59. The van der Waals surface area contributed by atoms with Crippen LogP contribution in [0.1, 0.15) is 11.3 Å². The van der Waals surface area contributed by atoms with E-state index in [1.54, 1.807) is 25.1 Å². The maximum absolute atomic E-state index is 11.9. The van der Waals surface area contributed by atoms with Crippen molar-refractivity contribution in [2.24, 2.45) is 0 Å². The number of aromatic amines is 1. The first-order chi connectivity index (χ1) is 9.01. The van der Waals surface area contributed by atoms with Crippen molar-refractivity contribution in [1.82, 2.24) is 9.97 Å². The van der Waals surface area contributed by atoms with Gasteiger partial charge >= 0.3 is 0 Å². The third-order valence-corrected chi connectivity index (χ3v) is 3.16. The lowest BCUT2D eigenvalue weighted by atomic mass is 10.1. The lowest BCUT2D eigenvalue weighted by molar-refractivity contribution is 0.298. The molecule has 0 aliphatic carbocycles. The van der Waals surface area contributed by atoms with Crippen molar-refractivity contribution in [3.8, 4) is 11.4 Å². The van der Waals surface area contributed by atoms with Gasteiger partial charge in [-0.05, 0) is 25.1 Å².